The largest absolute Gasteiger partial charge is 0.456 e. The number of furan rings is 1. The minimum Gasteiger partial charge on any atom is -0.456 e. The average molecular weight is 731 g/mol. The highest BCUT2D eigenvalue weighted by Crippen LogP contribution is 2.42. The first kappa shape index (κ1) is 32.7. The first-order valence-electron chi connectivity index (χ1n) is 19.2. The lowest BCUT2D eigenvalue weighted by Gasteiger charge is -2.26. The summed E-state index contributed by atoms with van der Waals surface area (Å²) in [6.07, 6.45) is 0. The summed E-state index contributed by atoms with van der Waals surface area (Å²) in [7, 11) is 0. The highest BCUT2D eigenvalue weighted by atomic mass is 16.4. The maximum absolute atomic E-state index is 6.42. The predicted octanol–water partition coefficient (Wildman–Crippen LogP) is 15.0. The van der Waals surface area contributed by atoms with Gasteiger partial charge in [0.25, 0.3) is 0 Å². The predicted molar refractivity (Wildman–Crippen MR) is 235 cm³/mol. The van der Waals surface area contributed by atoms with Crippen molar-refractivity contribution < 1.29 is 8.83 Å². The van der Waals surface area contributed by atoms with E-state index in [9.17, 15) is 0 Å². The third kappa shape index (κ3) is 5.92. The van der Waals surface area contributed by atoms with Gasteiger partial charge in [0.2, 0.25) is 5.89 Å². The van der Waals surface area contributed by atoms with E-state index in [2.05, 4.69) is 169 Å². The molecule has 4 heteroatoms. The summed E-state index contributed by atoms with van der Waals surface area (Å²) in [5.41, 5.74) is 14.2. The van der Waals surface area contributed by atoms with Crippen LogP contribution in [0, 0.1) is 0 Å². The van der Waals surface area contributed by atoms with Gasteiger partial charge in [0, 0.05) is 39.5 Å². The molecule has 0 radical (unpaired) electrons. The zero-order chi connectivity index (χ0) is 37.7. The van der Waals surface area contributed by atoms with Gasteiger partial charge in [-0.1, -0.05) is 133 Å². The Hall–Kier alpha value is -7.69. The van der Waals surface area contributed by atoms with Crippen molar-refractivity contribution in [1.82, 2.24) is 4.98 Å². The van der Waals surface area contributed by atoms with E-state index in [0.29, 0.717) is 11.5 Å². The van der Waals surface area contributed by atoms with E-state index in [1.54, 1.807) is 0 Å². The number of benzene rings is 9. The van der Waals surface area contributed by atoms with Gasteiger partial charge in [-0.2, -0.15) is 0 Å². The van der Waals surface area contributed by atoms with Gasteiger partial charge in [0.15, 0.2) is 5.58 Å². The van der Waals surface area contributed by atoms with E-state index in [0.717, 1.165) is 61.2 Å². The average Bonchev–Trinajstić information content (AvgIpc) is 3.87. The monoisotopic (exact) mass is 730 g/mol. The maximum Gasteiger partial charge on any atom is 0.227 e. The number of hydrogen-bond donors (Lipinski definition) is 0. The number of aromatic nitrogens is 1. The lowest BCUT2D eigenvalue weighted by Crippen LogP contribution is -2.09. The molecule has 11 aromatic rings. The zero-order valence-electron chi connectivity index (χ0n) is 30.8. The van der Waals surface area contributed by atoms with Gasteiger partial charge in [-0.05, 0) is 111 Å². The number of fused-ring (bicyclic) bond motifs is 5. The molecule has 0 fully saturated rings. The van der Waals surface area contributed by atoms with Crippen LogP contribution in [-0.4, -0.2) is 4.98 Å². The second-order valence-corrected chi connectivity index (χ2v) is 14.4. The van der Waals surface area contributed by atoms with E-state index in [1.165, 1.54) is 33.0 Å². The minimum absolute atomic E-state index is 0.598. The molecular formula is C53H34N2O2. The van der Waals surface area contributed by atoms with Crippen molar-refractivity contribution in [2.75, 3.05) is 4.90 Å². The molecule has 0 atom stereocenters. The van der Waals surface area contributed by atoms with E-state index < -0.39 is 0 Å². The normalized spacial score (nSPS) is 11.5. The highest BCUT2D eigenvalue weighted by molar-refractivity contribution is 6.15. The van der Waals surface area contributed by atoms with Gasteiger partial charge < -0.3 is 13.7 Å². The zero-order valence-corrected chi connectivity index (χ0v) is 30.8. The Morgan fingerprint density at radius 2 is 0.912 bits per heavy atom. The second-order valence-electron chi connectivity index (χ2n) is 14.4. The Morgan fingerprint density at radius 1 is 0.351 bits per heavy atom. The van der Waals surface area contributed by atoms with Crippen LogP contribution in [0.3, 0.4) is 0 Å². The van der Waals surface area contributed by atoms with E-state index >= 15 is 0 Å². The topological polar surface area (TPSA) is 42.4 Å². The molecule has 268 valence electrons. The summed E-state index contributed by atoms with van der Waals surface area (Å²) in [6, 6.07) is 72.5. The molecule has 9 aromatic carbocycles. The standard InChI is InChI=1S/C53H34N2O2/c1-3-10-35(11-4-1)37-20-26-43(27-21-37)55(44-28-22-38(23-29-44)42-19-18-36-12-7-8-15-41(36)32-42)45-30-24-39(25-31-45)46-16-9-17-49-52(46)47-33-48-51(34-50(47)56-49)57-53(54-48)40-13-5-2-6-14-40/h1-34H. The number of oxazole rings is 1. The van der Waals surface area contributed by atoms with Crippen LogP contribution >= 0.6 is 0 Å². The molecule has 0 saturated heterocycles. The molecule has 0 unspecified atom stereocenters. The molecule has 0 bridgehead atoms. The van der Waals surface area contributed by atoms with Crippen LogP contribution in [0.1, 0.15) is 0 Å². The Bertz CT molecular complexity index is 3200. The number of nitrogens with zero attached hydrogens (tertiary/aromatic N) is 2. The van der Waals surface area contributed by atoms with E-state index in [-0.39, 0.29) is 0 Å². The third-order valence-corrected chi connectivity index (χ3v) is 10.9. The fraction of sp³-hybridized carbons (Fsp3) is 0. The van der Waals surface area contributed by atoms with Gasteiger partial charge in [-0.25, -0.2) is 4.98 Å². The van der Waals surface area contributed by atoms with Crippen molar-refractivity contribution in [3.8, 4) is 44.8 Å². The molecule has 0 aliphatic rings. The Morgan fingerprint density at radius 3 is 1.60 bits per heavy atom. The van der Waals surface area contributed by atoms with Crippen LogP contribution in [0.5, 0.6) is 0 Å². The number of anilines is 3. The van der Waals surface area contributed by atoms with Gasteiger partial charge >= 0.3 is 0 Å². The molecule has 0 N–H and O–H groups in total. The fourth-order valence-corrected chi connectivity index (χ4v) is 8.03. The first-order valence-corrected chi connectivity index (χ1v) is 19.2. The summed E-state index contributed by atoms with van der Waals surface area (Å²) in [6.45, 7) is 0. The molecule has 0 spiro atoms. The van der Waals surface area contributed by atoms with Gasteiger partial charge in [0.05, 0.1) is 0 Å². The van der Waals surface area contributed by atoms with Crippen molar-refractivity contribution >= 4 is 60.9 Å². The van der Waals surface area contributed by atoms with Gasteiger partial charge in [0.1, 0.15) is 16.7 Å². The van der Waals surface area contributed by atoms with Crippen molar-refractivity contribution in [2.24, 2.45) is 0 Å². The van der Waals surface area contributed by atoms with Crippen LogP contribution in [0.25, 0.3) is 88.6 Å². The Kier molecular flexibility index (Phi) is 7.78. The number of rotatable bonds is 7. The molecule has 4 nitrogen and oxygen atoms in total. The molecule has 2 heterocycles. The molecule has 0 aliphatic heterocycles. The Balaban J connectivity index is 0.979. The second kappa shape index (κ2) is 13.6. The maximum atomic E-state index is 6.42. The third-order valence-electron chi connectivity index (χ3n) is 10.9. The minimum atomic E-state index is 0.598. The quantitative estimate of drug-likeness (QED) is 0.164. The van der Waals surface area contributed by atoms with Gasteiger partial charge in [-0.15, -0.1) is 0 Å². The van der Waals surface area contributed by atoms with Crippen LogP contribution in [0.4, 0.5) is 17.1 Å². The van der Waals surface area contributed by atoms with Crippen LogP contribution in [-0.2, 0) is 0 Å². The summed E-state index contributed by atoms with van der Waals surface area (Å²) < 4.78 is 12.6. The Labute approximate surface area is 329 Å². The smallest absolute Gasteiger partial charge is 0.227 e. The summed E-state index contributed by atoms with van der Waals surface area (Å²) in [4.78, 5) is 7.18. The van der Waals surface area contributed by atoms with Crippen molar-refractivity contribution in [3.05, 3.63) is 206 Å². The van der Waals surface area contributed by atoms with Crippen molar-refractivity contribution in [1.29, 1.82) is 0 Å². The highest BCUT2D eigenvalue weighted by Gasteiger charge is 2.18. The summed E-state index contributed by atoms with van der Waals surface area (Å²) >= 11 is 0. The molecule has 2 aromatic heterocycles. The van der Waals surface area contributed by atoms with E-state index in [4.69, 9.17) is 13.8 Å². The van der Waals surface area contributed by atoms with Gasteiger partial charge in [-0.3, -0.25) is 0 Å². The molecule has 0 amide bonds. The molecule has 11 rings (SSSR count). The van der Waals surface area contributed by atoms with E-state index in [1.807, 2.05) is 42.5 Å². The first-order chi connectivity index (χ1) is 28.2. The number of hydrogen-bond acceptors (Lipinski definition) is 4. The molecular weight excluding hydrogens is 697 g/mol. The molecule has 0 aliphatic carbocycles. The van der Waals surface area contributed by atoms with Crippen molar-refractivity contribution in [3.63, 3.8) is 0 Å². The van der Waals surface area contributed by atoms with Crippen LogP contribution < -0.4 is 4.90 Å². The lowest BCUT2D eigenvalue weighted by molar-refractivity contribution is 0.617. The van der Waals surface area contributed by atoms with Crippen molar-refractivity contribution in [2.45, 2.75) is 0 Å². The fourth-order valence-electron chi connectivity index (χ4n) is 8.03. The summed E-state index contributed by atoms with van der Waals surface area (Å²) in [5.74, 6) is 0.598. The van der Waals surface area contributed by atoms with Crippen LogP contribution in [0.2, 0.25) is 0 Å². The SMILES string of the molecule is c1ccc(-c2ccc(N(c3ccc(-c4ccc5ccccc5c4)cc3)c3ccc(-c4cccc5oc6cc7oc(-c8ccccc8)nc7cc6c45)cc3)cc2)cc1. The molecule has 57 heavy (non-hydrogen) atoms. The molecule has 0 saturated carbocycles. The lowest BCUT2D eigenvalue weighted by atomic mass is 9.98. The summed E-state index contributed by atoms with van der Waals surface area (Å²) in [5, 5.41) is 4.55. The van der Waals surface area contributed by atoms with Crippen LogP contribution in [0.15, 0.2) is 215 Å².